The number of carbonyl (C=O) groups excluding carboxylic acids is 2. The second kappa shape index (κ2) is 19.5. The Labute approximate surface area is 408 Å². The molecule has 0 spiro atoms. The lowest BCUT2D eigenvalue weighted by Gasteiger charge is -2.35. The fourth-order valence-corrected chi connectivity index (χ4v) is 10.6. The van der Waals surface area contributed by atoms with Gasteiger partial charge >= 0.3 is 6.09 Å². The van der Waals surface area contributed by atoms with Crippen molar-refractivity contribution in [3.8, 4) is 39.5 Å². The van der Waals surface area contributed by atoms with Gasteiger partial charge in [0.25, 0.3) is 0 Å². The van der Waals surface area contributed by atoms with Gasteiger partial charge in [-0.25, -0.2) is 14.8 Å². The number of allylic oxidation sites excluding steroid dienone is 3. The van der Waals surface area contributed by atoms with Crippen LogP contribution in [0.15, 0.2) is 102 Å². The van der Waals surface area contributed by atoms with Crippen molar-refractivity contribution in [3.63, 3.8) is 0 Å². The number of hydrogen-bond acceptors (Lipinski definition) is 10. The van der Waals surface area contributed by atoms with Crippen LogP contribution in [0.1, 0.15) is 114 Å². The molecular weight excluding hydrogens is 881 g/mol. The summed E-state index contributed by atoms with van der Waals surface area (Å²) in [4.78, 5) is 50.9. The van der Waals surface area contributed by atoms with E-state index in [2.05, 4.69) is 105 Å². The monoisotopic (exact) mass is 945 g/mol. The van der Waals surface area contributed by atoms with E-state index in [9.17, 15) is 14.7 Å². The third-order valence-corrected chi connectivity index (χ3v) is 14.7. The fourth-order valence-electron chi connectivity index (χ4n) is 10.6. The van der Waals surface area contributed by atoms with Gasteiger partial charge in [0, 0.05) is 53.1 Å². The summed E-state index contributed by atoms with van der Waals surface area (Å²) in [5, 5.41) is 15.5. The number of H-pyrrole nitrogens is 2. The zero-order chi connectivity index (χ0) is 48.8. The molecule has 4 aliphatic rings. The van der Waals surface area contributed by atoms with Gasteiger partial charge in [0.2, 0.25) is 12.1 Å². The Balaban J connectivity index is 0.980. The number of imidazole rings is 2. The van der Waals surface area contributed by atoms with Gasteiger partial charge in [-0.2, -0.15) is 0 Å². The zero-order valence-electron chi connectivity index (χ0n) is 40.9. The standard InChI is InChI=1S/C55H64N10O5/c1-7-33-12-13-38(28-57-27-33)34-14-16-35(17-15-34)54-65-43-21-19-36(41-29-58-51(60-41)45-11-9-23-64(45)53(67)49(32(4)5)62-55(68)69-6)24-39(43)25-46(65)40-20-18-37(26-47(40)70-54)42-30-59-50(61-42)44-10-8-22-63(44)52(66)48(56)31(2)3/h13-21,24-32,44-45,48-49,53-54,67H,7-12,22-23,56H2,1-6H3,(H,58,60)(H,59,61)(H,62,68). The predicted octanol–water partition coefficient (Wildman–Crippen LogP) is 9.66. The number of amides is 2. The first-order valence-electron chi connectivity index (χ1n) is 24.8. The third kappa shape index (κ3) is 8.86. The number of likely N-dealkylation sites (tertiary alicyclic amines) is 2. The van der Waals surface area contributed by atoms with Crippen LogP contribution in [-0.2, 0) is 9.53 Å². The highest BCUT2D eigenvalue weighted by atomic mass is 16.5. The van der Waals surface area contributed by atoms with Gasteiger partial charge in [-0.05, 0) is 97.4 Å². The summed E-state index contributed by atoms with van der Waals surface area (Å²) < 4.78 is 14.3. The summed E-state index contributed by atoms with van der Waals surface area (Å²) in [6, 6.07) is 22.2. The van der Waals surface area contributed by atoms with E-state index >= 15 is 0 Å². The quantitative estimate of drug-likeness (QED) is 0.0750. The first kappa shape index (κ1) is 46.9. The van der Waals surface area contributed by atoms with E-state index in [0.29, 0.717) is 13.1 Å². The van der Waals surface area contributed by atoms with Crippen LogP contribution >= 0.6 is 0 Å². The van der Waals surface area contributed by atoms with E-state index in [0.717, 1.165) is 117 Å². The summed E-state index contributed by atoms with van der Waals surface area (Å²) in [6.45, 7) is 11.4. The molecule has 3 aromatic heterocycles. The van der Waals surface area contributed by atoms with Crippen molar-refractivity contribution in [2.75, 3.05) is 20.2 Å². The molecule has 15 heteroatoms. The molecule has 10 rings (SSSR count). The van der Waals surface area contributed by atoms with Gasteiger partial charge in [-0.3, -0.25) is 14.7 Å². The van der Waals surface area contributed by atoms with Crippen molar-refractivity contribution in [1.82, 2.24) is 39.6 Å². The van der Waals surface area contributed by atoms with Crippen LogP contribution in [-0.4, -0.2) is 96.1 Å². The number of aliphatic hydroxyl groups is 1. The third-order valence-electron chi connectivity index (χ3n) is 14.7. The molecule has 6 N–H and O–H groups in total. The summed E-state index contributed by atoms with van der Waals surface area (Å²) in [5.74, 6) is 2.26. The molecule has 2 amide bonds. The van der Waals surface area contributed by atoms with E-state index in [4.69, 9.17) is 25.2 Å². The Morgan fingerprint density at radius 2 is 1.57 bits per heavy atom. The molecule has 0 aliphatic carbocycles. The number of nitrogens with zero attached hydrogens (tertiary/aromatic N) is 6. The first-order valence-corrected chi connectivity index (χ1v) is 24.8. The second-order valence-electron chi connectivity index (χ2n) is 19.8. The summed E-state index contributed by atoms with van der Waals surface area (Å²) in [7, 11) is 1.33. The summed E-state index contributed by atoms with van der Waals surface area (Å²) >= 11 is 0. The Hall–Kier alpha value is -6.81. The maximum Gasteiger partial charge on any atom is 0.407 e. The van der Waals surface area contributed by atoms with E-state index in [1.807, 2.05) is 62.3 Å². The normalized spacial score (nSPS) is 20.4. The lowest BCUT2D eigenvalue weighted by molar-refractivity contribution is -0.134. The molecule has 364 valence electrons. The molecule has 0 radical (unpaired) electrons. The highest BCUT2D eigenvalue weighted by Gasteiger charge is 2.39. The average Bonchev–Trinajstić information content (AvgIpc) is 4.24. The number of aliphatic imine (C=N–C) groups is 1. The largest absolute Gasteiger partial charge is 0.465 e. The smallest absolute Gasteiger partial charge is 0.407 e. The zero-order valence-corrected chi connectivity index (χ0v) is 40.9. The average molecular weight is 945 g/mol. The Morgan fingerprint density at radius 3 is 2.29 bits per heavy atom. The fraction of sp³-hybridized carbons (Fsp3) is 0.400. The molecule has 6 unspecified atom stereocenters. The molecule has 70 heavy (non-hydrogen) atoms. The van der Waals surface area contributed by atoms with Gasteiger partial charge in [-0.15, -0.1) is 0 Å². The lowest BCUT2D eigenvalue weighted by Crippen LogP contribution is -2.54. The van der Waals surface area contributed by atoms with Gasteiger partial charge in [0.15, 0.2) is 0 Å². The molecule has 2 fully saturated rings. The minimum Gasteiger partial charge on any atom is -0.465 e. The molecule has 0 saturated carbocycles. The number of ether oxygens (including phenoxy) is 2. The van der Waals surface area contributed by atoms with Gasteiger partial charge in [0.05, 0.1) is 66.3 Å². The number of alkyl carbamates (subject to hydrolysis) is 1. The highest BCUT2D eigenvalue weighted by Crippen LogP contribution is 2.46. The number of carbonyl (C=O) groups is 2. The number of hydrogen-bond donors (Lipinski definition) is 5. The Morgan fingerprint density at radius 1 is 0.886 bits per heavy atom. The molecular formula is C55H64N10O5. The van der Waals surface area contributed by atoms with Crippen molar-refractivity contribution in [1.29, 1.82) is 0 Å². The molecule has 4 aliphatic heterocycles. The van der Waals surface area contributed by atoms with Crippen molar-refractivity contribution >= 4 is 34.7 Å². The molecule has 3 aromatic carbocycles. The molecule has 2 saturated heterocycles. The summed E-state index contributed by atoms with van der Waals surface area (Å²) in [6.07, 6.45) is 13.2. The predicted molar refractivity (Wildman–Crippen MR) is 273 cm³/mol. The molecule has 15 nitrogen and oxygen atoms in total. The first-order chi connectivity index (χ1) is 33.9. The number of nitrogens with one attached hydrogen (secondary N) is 3. The van der Waals surface area contributed by atoms with Gasteiger partial charge in [0.1, 0.15) is 23.6 Å². The number of nitrogens with two attached hydrogens (primary N) is 1. The molecule has 0 bridgehead atoms. The topological polar surface area (TPSA) is 192 Å². The van der Waals surface area contributed by atoms with E-state index in [1.165, 1.54) is 12.7 Å². The van der Waals surface area contributed by atoms with Crippen LogP contribution in [0.3, 0.4) is 0 Å². The van der Waals surface area contributed by atoms with E-state index in [1.54, 1.807) is 0 Å². The van der Waals surface area contributed by atoms with Crippen molar-refractivity contribution < 1.29 is 24.2 Å². The minimum atomic E-state index is -0.922. The van der Waals surface area contributed by atoms with Crippen LogP contribution in [0.5, 0.6) is 5.75 Å². The Bertz CT molecular complexity index is 3000. The lowest BCUT2D eigenvalue weighted by atomic mass is 10.0. The van der Waals surface area contributed by atoms with Gasteiger partial charge in [-0.1, -0.05) is 77.1 Å². The Kier molecular flexibility index (Phi) is 13.1. The number of aromatic amines is 2. The van der Waals surface area contributed by atoms with Crippen molar-refractivity contribution in [3.05, 3.63) is 120 Å². The summed E-state index contributed by atoms with van der Waals surface area (Å²) in [5.41, 5.74) is 17.4. The maximum absolute atomic E-state index is 13.4. The van der Waals surface area contributed by atoms with Crippen LogP contribution in [0.2, 0.25) is 0 Å². The van der Waals surface area contributed by atoms with Crippen molar-refractivity contribution in [2.45, 2.75) is 110 Å². The van der Waals surface area contributed by atoms with E-state index < -0.39 is 30.6 Å². The SMILES string of the molecule is CCC1=CN=CC(c2ccc(C3Oc4cc(-c5cnc(C6CCCN6C(=O)C(N)C(C)C)[nH]5)ccc4-c4cc5cc(-c6cnc(C7CCCN7C(O)C(NC(=O)OC)C(C)C)[nH]6)ccc5n43)cc2)=CC1. The van der Waals surface area contributed by atoms with Crippen LogP contribution in [0.4, 0.5) is 4.79 Å². The molecule has 6 aromatic rings. The second-order valence-corrected chi connectivity index (χ2v) is 19.8. The number of aromatic nitrogens is 5. The molecule has 6 atom stereocenters. The highest BCUT2D eigenvalue weighted by molar-refractivity contribution is 6.10. The van der Waals surface area contributed by atoms with Crippen molar-refractivity contribution in [2.24, 2.45) is 22.6 Å². The van der Waals surface area contributed by atoms with Gasteiger partial charge < -0.3 is 45.1 Å². The number of benzene rings is 3. The number of aliphatic hydroxyl groups excluding tert-OH is 1. The van der Waals surface area contributed by atoms with Crippen LogP contribution in [0, 0.1) is 11.8 Å². The number of fused-ring (bicyclic) bond motifs is 5. The van der Waals surface area contributed by atoms with Crippen LogP contribution < -0.4 is 15.8 Å². The number of rotatable bonds is 13. The van der Waals surface area contributed by atoms with Crippen LogP contribution in [0.25, 0.3) is 50.2 Å². The minimum absolute atomic E-state index is 0.0294. The van der Waals surface area contributed by atoms with E-state index in [-0.39, 0.29) is 29.8 Å². The maximum atomic E-state index is 13.4. The molecule has 7 heterocycles. The number of methoxy groups -OCH3 is 1.